The first-order valence-electron chi connectivity index (χ1n) is 7.87. The number of aromatic nitrogens is 2. The third-order valence-electron chi connectivity index (χ3n) is 3.52. The van der Waals surface area contributed by atoms with E-state index in [-0.39, 0.29) is 11.4 Å². The lowest BCUT2D eigenvalue weighted by Gasteiger charge is -2.10. The van der Waals surface area contributed by atoms with Crippen LogP contribution in [0.1, 0.15) is 16.8 Å². The van der Waals surface area contributed by atoms with Gasteiger partial charge in [-0.15, -0.1) is 0 Å². The van der Waals surface area contributed by atoms with E-state index >= 15 is 0 Å². The molecule has 0 aliphatic heterocycles. The van der Waals surface area contributed by atoms with Crippen LogP contribution in [-0.4, -0.2) is 9.55 Å². The summed E-state index contributed by atoms with van der Waals surface area (Å²) in [6, 6.07) is 6.71. The van der Waals surface area contributed by atoms with Crippen molar-refractivity contribution in [3.63, 3.8) is 0 Å². The normalized spacial score (nSPS) is 11.7. The van der Waals surface area contributed by atoms with Crippen LogP contribution in [0.3, 0.4) is 0 Å². The molecular weight excluding hydrogens is 466 g/mol. The van der Waals surface area contributed by atoms with Crippen molar-refractivity contribution in [2.75, 3.05) is 11.5 Å². The van der Waals surface area contributed by atoms with E-state index in [1.54, 1.807) is 13.1 Å². The van der Waals surface area contributed by atoms with Crippen LogP contribution in [0.15, 0.2) is 53.4 Å². The minimum absolute atomic E-state index is 0.0705. The Morgan fingerprint density at radius 3 is 1.79 bits per heavy atom. The molecule has 29 heavy (non-hydrogen) atoms. The van der Waals surface area contributed by atoms with Gasteiger partial charge in [0.05, 0.1) is 23.1 Å². The zero-order valence-electron chi connectivity index (χ0n) is 14.8. The molecule has 1 heterocycles. The highest BCUT2D eigenvalue weighted by atomic mass is 79.9. The molecule has 3 aromatic rings. The van der Waals surface area contributed by atoms with Gasteiger partial charge in [0, 0.05) is 27.7 Å². The van der Waals surface area contributed by atoms with Crippen molar-refractivity contribution in [2.45, 2.75) is 19.3 Å². The predicted octanol–water partition coefficient (Wildman–Crippen LogP) is 5.83. The smallest absolute Gasteiger partial charge is 0.399 e. The number of nitrogens with two attached hydrogens (primary N) is 2. The van der Waals surface area contributed by atoms with Crippen molar-refractivity contribution in [1.82, 2.24) is 9.55 Å². The Balaban J connectivity index is 0.000000221. The summed E-state index contributed by atoms with van der Waals surface area (Å²) in [5.41, 5.74) is 10.4. The highest BCUT2D eigenvalue weighted by Crippen LogP contribution is 2.33. The second-order valence-corrected chi connectivity index (χ2v) is 6.92. The Kier molecular flexibility index (Phi) is 6.51. The summed E-state index contributed by atoms with van der Waals surface area (Å²) >= 11 is 2.93. The van der Waals surface area contributed by atoms with Crippen molar-refractivity contribution in [1.29, 1.82) is 0 Å². The summed E-state index contributed by atoms with van der Waals surface area (Å²) in [5.74, 6) is 0. The average molecular weight is 481 g/mol. The van der Waals surface area contributed by atoms with E-state index in [0.29, 0.717) is 10.2 Å². The maximum absolute atomic E-state index is 12.6. The van der Waals surface area contributed by atoms with Gasteiger partial charge in [0.25, 0.3) is 0 Å². The number of hydrogen-bond acceptors (Lipinski definition) is 3. The minimum Gasteiger partial charge on any atom is -0.399 e. The number of imidazole rings is 1. The number of aryl methyl sites for hydroxylation is 1. The molecule has 0 aliphatic carbocycles. The quantitative estimate of drug-likeness (QED) is 0.340. The van der Waals surface area contributed by atoms with Crippen LogP contribution in [0.25, 0.3) is 5.69 Å². The number of nitrogens with zero attached hydrogens (tertiary/aromatic N) is 2. The number of anilines is 2. The van der Waals surface area contributed by atoms with Gasteiger partial charge >= 0.3 is 12.4 Å². The van der Waals surface area contributed by atoms with Gasteiger partial charge in [0.1, 0.15) is 0 Å². The average Bonchev–Trinajstić information content (AvgIpc) is 2.99. The number of nitrogen functional groups attached to an aromatic ring is 2. The van der Waals surface area contributed by atoms with Crippen molar-refractivity contribution in [2.24, 2.45) is 0 Å². The first-order valence-corrected chi connectivity index (χ1v) is 8.67. The topological polar surface area (TPSA) is 69.9 Å². The van der Waals surface area contributed by atoms with Crippen molar-refractivity contribution >= 4 is 27.3 Å². The van der Waals surface area contributed by atoms with Gasteiger partial charge in [0.15, 0.2) is 0 Å². The molecule has 4 N–H and O–H groups in total. The number of alkyl halides is 6. The van der Waals surface area contributed by atoms with E-state index in [2.05, 4.69) is 20.9 Å². The fourth-order valence-corrected chi connectivity index (χ4v) is 2.80. The van der Waals surface area contributed by atoms with Crippen molar-refractivity contribution < 1.29 is 26.3 Å². The van der Waals surface area contributed by atoms with Gasteiger partial charge < -0.3 is 16.0 Å². The highest BCUT2D eigenvalue weighted by Gasteiger charge is 2.31. The van der Waals surface area contributed by atoms with Crippen LogP contribution in [0, 0.1) is 6.92 Å². The molecular formula is C18H15BrF6N4. The summed E-state index contributed by atoms with van der Waals surface area (Å²) in [4.78, 5) is 3.96. The van der Waals surface area contributed by atoms with Crippen molar-refractivity contribution in [3.8, 4) is 5.69 Å². The van der Waals surface area contributed by atoms with Gasteiger partial charge in [-0.2, -0.15) is 26.3 Å². The number of rotatable bonds is 1. The van der Waals surface area contributed by atoms with Crippen LogP contribution >= 0.6 is 15.9 Å². The van der Waals surface area contributed by atoms with Crippen LogP contribution < -0.4 is 11.5 Å². The van der Waals surface area contributed by atoms with E-state index in [4.69, 9.17) is 11.5 Å². The van der Waals surface area contributed by atoms with E-state index in [9.17, 15) is 26.3 Å². The Morgan fingerprint density at radius 2 is 1.34 bits per heavy atom. The molecule has 11 heteroatoms. The Bertz CT molecular complexity index is 974. The lowest BCUT2D eigenvalue weighted by atomic mass is 10.1. The summed E-state index contributed by atoms with van der Waals surface area (Å²) in [5, 5.41) is 0. The molecule has 0 radical (unpaired) electrons. The Hall–Kier alpha value is -2.69. The zero-order valence-corrected chi connectivity index (χ0v) is 16.4. The molecule has 0 saturated heterocycles. The summed E-state index contributed by atoms with van der Waals surface area (Å²) in [6.07, 6.45) is -5.66. The lowest BCUT2D eigenvalue weighted by Crippen LogP contribution is -2.07. The molecule has 0 atom stereocenters. The van der Waals surface area contributed by atoms with Gasteiger partial charge in [-0.1, -0.05) is 15.9 Å². The number of benzene rings is 2. The molecule has 3 rings (SSSR count). The van der Waals surface area contributed by atoms with Crippen LogP contribution in [-0.2, 0) is 12.4 Å². The second kappa shape index (κ2) is 8.36. The molecule has 2 aromatic carbocycles. The second-order valence-electron chi connectivity index (χ2n) is 6.00. The Labute approximate surface area is 170 Å². The molecule has 0 unspecified atom stereocenters. The van der Waals surface area contributed by atoms with E-state index in [0.717, 1.165) is 30.0 Å². The summed E-state index contributed by atoms with van der Waals surface area (Å²) in [6.45, 7) is 1.76. The van der Waals surface area contributed by atoms with Gasteiger partial charge in [0.2, 0.25) is 0 Å². The lowest BCUT2D eigenvalue weighted by molar-refractivity contribution is -0.138. The van der Waals surface area contributed by atoms with E-state index in [1.807, 2.05) is 0 Å². The first kappa shape index (κ1) is 22.6. The maximum Gasteiger partial charge on any atom is 0.416 e. The number of halogens is 7. The first-order chi connectivity index (χ1) is 13.3. The molecule has 0 aliphatic rings. The van der Waals surface area contributed by atoms with Crippen LogP contribution in [0.2, 0.25) is 0 Å². The van der Waals surface area contributed by atoms with Crippen LogP contribution in [0.4, 0.5) is 37.7 Å². The molecule has 0 fully saturated rings. The predicted molar refractivity (Wildman–Crippen MR) is 101 cm³/mol. The van der Waals surface area contributed by atoms with Gasteiger partial charge in [-0.25, -0.2) is 4.98 Å². The fourth-order valence-electron chi connectivity index (χ4n) is 2.29. The molecule has 1 aromatic heterocycles. The monoisotopic (exact) mass is 480 g/mol. The summed E-state index contributed by atoms with van der Waals surface area (Å²) in [7, 11) is 0. The van der Waals surface area contributed by atoms with Crippen LogP contribution in [0.5, 0.6) is 0 Å². The Morgan fingerprint density at radius 1 is 0.828 bits per heavy atom. The van der Waals surface area contributed by atoms with Gasteiger partial charge in [-0.3, -0.25) is 0 Å². The van der Waals surface area contributed by atoms with E-state index < -0.39 is 23.5 Å². The third-order valence-corrected chi connectivity index (χ3v) is 3.98. The third kappa shape index (κ3) is 6.41. The SMILES string of the molecule is Cc1cn(-c2cc(N)cc(C(F)(F)F)c2)cn1.Nc1cc(Br)cc(C(F)(F)F)c1. The standard InChI is InChI=1S/C11H10F3N3.C7H5BrF3N/c1-7-5-17(6-16-7)10-3-8(11(12,13)14)2-9(15)4-10;8-5-1-4(7(9,10)11)2-6(12)3-5/h2-6H,15H2,1H3;1-3H,12H2. The molecule has 0 spiro atoms. The number of hydrogen-bond donors (Lipinski definition) is 2. The molecule has 0 saturated carbocycles. The maximum atomic E-state index is 12.6. The molecule has 4 nitrogen and oxygen atoms in total. The highest BCUT2D eigenvalue weighted by molar-refractivity contribution is 9.10. The van der Waals surface area contributed by atoms with Crippen molar-refractivity contribution in [3.05, 3.63) is 70.2 Å². The minimum atomic E-state index is -4.40. The molecule has 0 amide bonds. The molecule has 0 bridgehead atoms. The zero-order chi connectivity index (χ0) is 22.0. The largest absolute Gasteiger partial charge is 0.416 e. The van der Waals surface area contributed by atoms with Gasteiger partial charge in [-0.05, 0) is 43.3 Å². The molecule has 156 valence electrons. The fraction of sp³-hybridized carbons (Fsp3) is 0.167. The van der Waals surface area contributed by atoms with E-state index in [1.165, 1.54) is 23.0 Å². The summed E-state index contributed by atoms with van der Waals surface area (Å²) < 4.78 is 75.8.